The van der Waals surface area contributed by atoms with Gasteiger partial charge < -0.3 is 9.47 Å². The number of carbonyl (C=O) groups excluding carboxylic acids is 2. The van der Waals surface area contributed by atoms with Gasteiger partial charge in [-0.1, -0.05) is 6.92 Å². The van der Waals surface area contributed by atoms with Crippen molar-refractivity contribution in [1.82, 2.24) is 4.31 Å². The molecule has 0 radical (unpaired) electrons. The van der Waals surface area contributed by atoms with E-state index >= 15 is 0 Å². The van der Waals surface area contributed by atoms with Crippen LogP contribution in [-0.4, -0.2) is 57.7 Å². The zero-order chi connectivity index (χ0) is 12.8. The number of rotatable bonds is 6. The Hall–Kier alpha value is -1.15. The maximum atomic E-state index is 11.6. The SMILES string of the molecule is CCN(CC(=O)OC)S(=O)(=O)CC(=O)OC. The van der Waals surface area contributed by atoms with E-state index in [1.807, 2.05) is 0 Å². The van der Waals surface area contributed by atoms with Crippen molar-refractivity contribution in [2.45, 2.75) is 6.92 Å². The Morgan fingerprint density at radius 2 is 1.62 bits per heavy atom. The molecular weight excluding hydrogens is 238 g/mol. The molecule has 0 spiro atoms. The summed E-state index contributed by atoms with van der Waals surface area (Å²) in [7, 11) is -1.58. The molecule has 16 heavy (non-hydrogen) atoms. The second kappa shape index (κ2) is 6.44. The van der Waals surface area contributed by atoms with Gasteiger partial charge in [0.05, 0.1) is 14.2 Å². The van der Waals surface area contributed by atoms with Crippen molar-refractivity contribution < 1.29 is 27.5 Å². The maximum Gasteiger partial charge on any atom is 0.322 e. The van der Waals surface area contributed by atoms with Gasteiger partial charge in [0.15, 0.2) is 5.75 Å². The molecule has 0 unspecified atom stereocenters. The summed E-state index contributed by atoms with van der Waals surface area (Å²) in [5.41, 5.74) is 0. The molecule has 8 heteroatoms. The third-order valence-electron chi connectivity index (χ3n) is 1.81. The van der Waals surface area contributed by atoms with Gasteiger partial charge in [0.25, 0.3) is 0 Å². The molecule has 0 aliphatic rings. The lowest BCUT2D eigenvalue weighted by Gasteiger charge is -2.18. The van der Waals surface area contributed by atoms with Gasteiger partial charge in [-0.3, -0.25) is 9.59 Å². The van der Waals surface area contributed by atoms with E-state index in [9.17, 15) is 18.0 Å². The average Bonchev–Trinajstić information content (AvgIpc) is 2.24. The van der Waals surface area contributed by atoms with Crippen molar-refractivity contribution in [2.75, 3.05) is 33.1 Å². The van der Waals surface area contributed by atoms with Crippen LogP contribution in [0.4, 0.5) is 0 Å². The van der Waals surface area contributed by atoms with Gasteiger partial charge in [0.2, 0.25) is 10.0 Å². The molecule has 0 aromatic rings. The summed E-state index contributed by atoms with van der Waals surface area (Å²) in [5, 5.41) is 0. The van der Waals surface area contributed by atoms with Crippen LogP contribution in [0.15, 0.2) is 0 Å². The minimum atomic E-state index is -3.83. The molecule has 0 bridgehead atoms. The predicted molar refractivity (Wildman–Crippen MR) is 55.1 cm³/mol. The Balaban J connectivity index is 4.68. The molecule has 0 saturated heterocycles. The highest BCUT2D eigenvalue weighted by molar-refractivity contribution is 7.89. The first-order chi connectivity index (χ1) is 7.37. The summed E-state index contributed by atoms with van der Waals surface area (Å²) in [6, 6.07) is 0. The van der Waals surface area contributed by atoms with Gasteiger partial charge >= 0.3 is 11.9 Å². The molecule has 0 saturated carbocycles. The Morgan fingerprint density at radius 1 is 1.12 bits per heavy atom. The lowest BCUT2D eigenvalue weighted by molar-refractivity contribution is -0.141. The van der Waals surface area contributed by atoms with E-state index < -0.39 is 34.3 Å². The quantitative estimate of drug-likeness (QED) is 0.563. The predicted octanol–water partition coefficient (Wildman–Crippen LogP) is -1.02. The highest BCUT2D eigenvalue weighted by atomic mass is 32.2. The Morgan fingerprint density at radius 3 is 2.00 bits per heavy atom. The molecule has 0 fully saturated rings. The number of methoxy groups -OCH3 is 2. The number of hydrogen-bond donors (Lipinski definition) is 0. The summed E-state index contributed by atoms with van der Waals surface area (Å²) < 4.78 is 32.7. The van der Waals surface area contributed by atoms with Gasteiger partial charge in [-0.25, -0.2) is 8.42 Å². The first-order valence-corrected chi connectivity index (χ1v) is 6.09. The molecule has 0 rings (SSSR count). The summed E-state index contributed by atoms with van der Waals surface area (Å²) >= 11 is 0. The zero-order valence-corrected chi connectivity index (χ0v) is 10.2. The monoisotopic (exact) mass is 253 g/mol. The van der Waals surface area contributed by atoms with E-state index in [2.05, 4.69) is 9.47 Å². The van der Waals surface area contributed by atoms with Crippen molar-refractivity contribution >= 4 is 22.0 Å². The molecule has 0 atom stereocenters. The van der Waals surface area contributed by atoms with Gasteiger partial charge in [-0.2, -0.15) is 4.31 Å². The summed E-state index contributed by atoms with van der Waals surface area (Å²) in [4.78, 5) is 21.8. The molecule has 0 aromatic carbocycles. The fourth-order valence-electron chi connectivity index (χ4n) is 0.915. The first kappa shape index (κ1) is 14.8. The lowest BCUT2D eigenvalue weighted by Crippen LogP contribution is -2.39. The highest BCUT2D eigenvalue weighted by Gasteiger charge is 2.26. The van der Waals surface area contributed by atoms with Crippen LogP contribution in [0.3, 0.4) is 0 Å². The smallest absolute Gasteiger partial charge is 0.322 e. The summed E-state index contributed by atoms with van der Waals surface area (Å²) in [6.45, 7) is 1.22. The van der Waals surface area contributed by atoms with Crippen LogP contribution in [0.5, 0.6) is 0 Å². The lowest BCUT2D eigenvalue weighted by atomic mass is 10.6. The van der Waals surface area contributed by atoms with Crippen LogP contribution in [0.1, 0.15) is 6.92 Å². The maximum absolute atomic E-state index is 11.6. The number of likely N-dealkylation sites (N-methyl/N-ethyl adjacent to an activating group) is 1. The van der Waals surface area contributed by atoms with Gasteiger partial charge in [0, 0.05) is 6.54 Å². The van der Waals surface area contributed by atoms with Crippen LogP contribution >= 0.6 is 0 Å². The van der Waals surface area contributed by atoms with Crippen LogP contribution in [-0.2, 0) is 29.1 Å². The van der Waals surface area contributed by atoms with E-state index in [0.29, 0.717) is 0 Å². The molecule has 0 aromatic heterocycles. The molecule has 0 aliphatic heterocycles. The Bertz CT molecular complexity index is 350. The largest absolute Gasteiger partial charge is 0.468 e. The number of sulfonamides is 1. The fourth-order valence-corrected chi connectivity index (χ4v) is 2.21. The topological polar surface area (TPSA) is 90.0 Å². The van der Waals surface area contributed by atoms with Gasteiger partial charge in [-0.05, 0) is 0 Å². The second-order valence-electron chi connectivity index (χ2n) is 2.83. The van der Waals surface area contributed by atoms with Crippen molar-refractivity contribution in [2.24, 2.45) is 0 Å². The highest BCUT2D eigenvalue weighted by Crippen LogP contribution is 2.02. The Labute approximate surface area is 94.4 Å². The molecular formula is C8H15NO6S. The summed E-state index contributed by atoms with van der Waals surface area (Å²) in [6.07, 6.45) is 0. The molecule has 0 aliphatic carbocycles. The van der Waals surface area contributed by atoms with Crippen LogP contribution in [0.25, 0.3) is 0 Å². The number of esters is 2. The minimum Gasteiger partial charge on any atom is -0.468 e. The number of ether oxygens (including phenoxy) is 2. The summed E-state index contributed by atoms with van der Waals surface area (Å²) in [5.74, 6) is -2.34. The van der Waals surface area contributed by atoms with Crippen molar-refractivity contribution in [3.63, 3.8) is 0 Å². The van der Waals surface area contributed by atoms with Gasteiger partial charge in [0.1, 0.15) is 6.54 Å². The van der Waals surface area contributed by atoms with Crippen molar-refractivity contribution in [1.29, 1.82) is 0 Å². The molecule has 94 valence electrons. The number of nitrogens with zero attached hydrogens (tertiary/aromatic N) is 1. The molecule has 0 N–H and O–H groups in total. The number of hydrogen-bond acceptors (Lipinski definition) is 6. The molecule has 0 heterocycles. The third kappa shape index (κ3) is 4.58. The second-order valence-corrected chi connectivity index (χ2v) is 4.80. The van der Waals surface area contributed by atoms with E-state index in [1.54, 1.807) is 6.92 Å². The van der Waals surface area contributed by atoms with Crippen molar-refractivity contribution in [3.05, 3.63) is 0 Å². The van der Waals surface area contributed by atoms with Crippen LogP contribution < -0.4 is 0 Å². The van der Waals surface area contributed by atoms with Crippen LogP contribution in [0, 0.1) is 0 Å². The fraction of sp³-hybridized carbons (Fsp3) is 0.750. The third-order valence-corrected chi connectivity index (χ3v) is 3.58. The van der Waals surface area contributed by atoms with Crippen LogP contribution in [0.2, 0.25) is 0 Å². The first-order valence-electron chi connectivity index (χ1n) is 4.48. The molecule has 0 amide bonds. The average molecular weight is 253 g/mol. The Kier molecular flexibility index (Phi) is 5.97. The molecule has 7 nitrogen and oxygen atoms in total. The number of carbonyl (C=O) groups is 2. The van der Waals surface area contributed by atoms with E-state index in [-0.39, 0.29) is 6.54 Å². The van der Waals surface area contributed by atoms with E-state index in [4.69, 9.17) is 0 Å². The minimum absolute atomic E-state index is 0.0778. The van der Waals surface area contributed by atoms with Crippen molar-refractivity contribution in [3.8, 4) is 0 Å². The van der Waals surface area contributed by atoms with E-state index in [0.717, 1.165) is 18.5 Å². The van der Waals surface area contributed by atoms with E-state index in [1.165, 1.54) is 0 Å². The zero-order valence-electron chi connectivity index (χ0n) is 9.43. The normalized spacial score (nSPS) is 11.2. The van der Waals surface area contributed by atoms with Gasteiger partial charge in [-0.15, -0.1) is 0 Å². The standard InChI is InChI=1S/C8H15NO6S/c1-4-9(5-7(10)14-2)16(12,13)6-8(11)15-3/h4-6H2,1-3H3.